The second-order valence-electron chi connectivity index (χ2n) is 15.3. The summed E-state index contributed by atoms with van der Waals surface area (Å²) in [5.41, 5.74) is 11.8. The van der Waals surface area contributed by atoms with Crippen LogP contribution < -0.4 is 0 Å². The number of hydrogen-bond acceptors (Lipinski definition) is 5. The van der Waals surface area contributed by atoms with Crippen molar-refractivity contribution in [2.75, 3.05) is 0 Å². The minimum atomic E-state index is 0.543. The number of benzene rings is 8. The van der Waals surface area contributed by atoms with Gasteiger partial charge < -0.3 is 4.57 Å². The predicted molar refractivity (Wildman–Crippen MR) is 251 cm³/mol. The van der Waals surface area contributed by atoms with Gasteiger partial charge in [-0.2, -0.15) is 9.97 Å². The summed E-state index contributed by atoms with van der Waals surface area (Å²) in [4.78, 5) is 25.7. The van der Waals surface area contributed by atoms with Crippen molar-refractivity contribution in [1.29, 1.82) is 0 Å². The van der Waals surface area contributed by atoms with E-state index in [9.17, 15) is 0 Å². The molecule has 0 aliphatic heterocycles. The van der Waals surface area contributed by atoms with Gasteiger partial charge in [-0.25, -0.2) is 15.0 Å². The molecule has 0 atom stereocenters. The number of para-hydroxylation sites is 3. The molecule has 4 aromatic heterocycles. The van der Waals surface area contributed by atoms with Crippen molar-refractivity contribution >= 4 is 43.6 Å². The summed E-state index contributed by atoms with van der Waals surface area (Å²) in [5.74, 6) is 2.38. The maximum absolute atomic E-state index is 5.29. The molecule has 0 aliphatic carbocycles. The number of nitrogens with zero attached hydrogens (tertiary/aromatic N) is 7. The Kier molecular flexibility index (Phi) is 8.35. The molecule has 8 aromatic carbocycles. The van der Waals surface area contributed by atoms with Gasteiger partial charge in [0.05, 0.1) is 33.5 Å². The van der Waals surface area contributed by atoms with E-state index in [2.05, 4.69) is 143 Å². The maximum atomic E-state index is 5.29. The Balaban J connectivity index is 1.05. The Hall–Kier alpha value is -8.55. The van der Waals surface area contributed by atoms with E-state index in [4.69, 9.17) is 24.9 Å². The number of hydrogen-bond donors (Lipinski definition) is 0. The molecule has 0 N–H and O–H groups in total. The van der Waals surface area contributed by atoms with E-state index >= 15 is 0 Å². The van der Waals surface area contributed by atoms with Gasteiger partial charge >= 0.3 is 0 Å². The first-order valence-electron chi connectivity index (χ1n) is 20.7. The van der Waals surface area contributed by atoms with Gasteiger partial charge in [-0.1, -0.05) is 176 Å². The first-order chi connectivity index (χ1) is 30.7. The molecule has 7 heteroatoms. The van der Waals surface area contributed by atoms with Gasteiger partial charge in [0.15, 0.2) is 17.5 Å². The van der Waals surface area contributed by atoms with Crippen LogP contribution in [0.15, 0.2) is 212 Å². The summed E-state index contributed by atoms with van der Waals surface area (Å²) in [6.45, 7) is 0. The van der Waals surface area contributed by atoms with E-state index in [1.165, 1.54) is 10.8 Å². The Labute approximate surface area is 356 Å². The van der Waals surface area contributed by atoms with Crippen LogP contribution in [0.3, 0.4) is 0 Å². The van der Waals surface area contributed by atoms with Gasteiger partial charge in [-0.15, -0.1) is 0 Å². The van der Waals surface area contributed by atoms with Gasteiger partial charge in [0.25, 0.3) is 0 Å². The van der Waals surface area contributed by atoms with Crippen LogP contribution in [0.4, 0.5) is 0 Å². The van der Waals surface area contributed by atoms with Gasteiger partial charge in [0.1, 0.15) is 0 Å². The molecule has 0 bridgehead atoms. The molecule has 0 radical (unpaired) electrons. The van der Waals surface area contributed by atoms with E-state index in [-0.39, 0.29) is 0 Å². The highest BCUT2D eigenvalue weighted by atomic mass is 15.2. The highest BCUT2D eigenvalue weighted by molar-refractivity contribution is 6.26. The maximum Gasteiger partial charge on any atom is 0.238 e. The van der Waals surface area contributed by atoms with E-state index in [0.717, 1.165) is 77.7 Å². The first-order valence-corrected chi connectivity index (χ1v) is 20.7. The molecular weight excluding hydrogens is 759 g/mol. The van der Waals surface area contributed by atoms with Crippen LogP contribution in [0, 0.1) is 0 Å². The molecule has 0 spiro atoms. The number of fused-ring (bicyclic) bond motifs is 7. The molecule has 12 aromatic rings. The van der Waals surface area contributed by atoms with Gasteiger partial charge in [-0.05, 0) is 36.4 Å². The molecule has 0 amide bonds. The van der Waals surface area contributed by atoms with Crippen LogP contribution in [0.5, 0.6) is 0 Å². The first kappa shape index (κ1) is 35.4. The molecule has 0 fully saturated rings. The summed E-state index contributed by atoms with van der Waals surface area (Å²) < 4.78 is 4.59. The second kappa shape index (κ2) is 14.6. The summed E-state index contributed by atoms with van der Waals surface area (Å²) in [5, 5.41) is 4.66. The Morgan fingerprint density at radius 1 is 0.290 bits per heavy atom. The van der Waals surface area contributed by atoms with Crippen molar-refractivity contribution in [1.82, 2.24) is 34.1 Å². The van der Waals surface area contributed by atoms with E-state index in [1.807, 2.05) is 78.9 Å². The van der Waals surface area contributed by atoms with E-state index < -0.39 is 0 Å². The van der Waals surface area contributed by atoms with Crippen molar-refractivity contribution in [3.63, 3.8) is 0 Å². The SMILES string of the molecule is c1ccc(-c2cc(-c3ccc(-c4nc(-c5ccccc5)nc(-n5c6ccccc6c6c5ccc5c7ccccc7n(-c7ccccc7)c56)n4)cc3)nc(-c3ccccc3)n2)cc1. The third kappa shape index (κ3) is 5.94. The third-order valence-electron chi connectivity index (χ3n) is 11.6. The topological polar surface area (TPSA) is 74.3 Å². The Bertz CT molecular complexity index is 3540. The third-order valence-corrected chi connectivity index (χ3v) is 11.6. The minimum absolute atomic E-state index is 0.543. The zero-order valence-electron chi connectivity index (χ0n) is 33.3. The summed E-state index contributed by atoms with van der Waals surface area (Å²) in [6.07, 6.45) is 0. The fraction of sp³-hybridized carbons (Fsp3) is 0. The fourth-order valence-electron chi connectivity index (χ4n) is 8.74. The van der Waals surface area contributed by atoms with Crippen LogP contribution in [0.25, 0.3) is 112 Å². The molecule has 7 nitrogen and oxygen atoms in total. The van der Waals surface area contributed by atoms with E-state index in [0.29, 0.717) is 23.4 Å². The molecule has 0 saturated heterocycles. The minimum Gasteiger partial charge on any atom is -0.309 e. The lowest BCUT2D eigenvalue weighted by Crippen LogP contribution is -2.06. The van der Waals surface area contributed by atoms with Crippen molar-refractivity contribution in [3.05, 3.63) is 212 Å². The summed E-state index contributed by atoms with van der Waals surface area (Å²) >= 11 is 0. The Morgan fingerprint density at radius 2 is 0.742 bits per heavy atom. The van der Waals surface area contributed by atoms with Crippen molar-refractivity contribution < 1.29 is 0 Å². The molecule has 62 heavy (non-hydrogen) atoms. The van der Waals surface area contributed by atoms with Crippen LogP contribution in [-0.4, -0.2) is 34.1 Å². The van der Waals surface area contributed by atoms with Gasteiger partial charge in [0.2, 0.25) is 5.95 Å². The lowest BCUT2D eigenvalue weighted by molar-refractivity contribution is 0.953. The summed E-state index contributed by atoms with van der Waals surface area (Å²) in [7, 11) is 0. The van der Waals surface area contributed by atoms with Gasteiger partial charge in [0, 0.05) is 55.0 Å². The van der Waals surface area contributed by atoms with Crippen LogP contribution in [0.2, 0.25) is 0 Å². The molecule has 0 aliphatic rings. The molecular formula is C55H35N7. The lowest BCUT2D eigenvalue weighted by Gasteiger charge is -2.12. The van der Waals surface area contributed by atoms with Gasteiger partial charge in [-0.3, -0.25) is 4.57 Å². The molecule has 0 saturated carbocycles. The van der Waals surface area contributed by atoms with Crippen LogP contribution in [-0.2, 0) is 0 Å². The average molecular weight is 794 g/mol. The summed E-state index contributed by atoms with van der Waals surface area (Å²) in [6, 6.07) is 73.2. The Morgan fingerprint density at radius 3 is 1.35 bits per heavy atom. The molecule has 290 valence electrons. The highest BCUT2D eigenvalue weighted by Crippen LogP contribution is 2.42. The smallest absolute Gasteiger partial charge is 0.238 e. The largest absolute Gasteiger partial charge is 0.309 e. The van der Waals surface area contributed by atoms with E-state index in [1.54, 1.807) is 0 Å². The van der Waals surface area contributed by atoms with Crippen molar-refractivity contribution in [2.24, 2.45) is 0 Å². The fourth-order valence-corrected chi connectivity index (χ4v) is 8.74. The second-order valence-corrected chi connectivity index (χ2v) is 15.3. The lowest BCUT2D eigenvalue weighted by atomic mass is 10.0. The molecule has 4 heterocycles. The van der Waals surface area contributed by atoms with Crippen molar-refractivity contribution in [2.45, 2.75) is 0 Å². The molecule has 12 rings (SSSR count). The zero-order chi connectivity index (χ0) is 41.0. The standard InChI is InChI=1S/C55H35N7/c1-5-17-36(18-6-1)45-35-46(57-52(56-45)38-19-7-2-8-20-38)37-29-31-40(32-30-37)54-58-53(39-21-9-3-10-22-39)59-55(60-54)62-48-28-16-14-26-44(48)50-49(62)34-33-43-42-25-13-15-27-47(42)61(51(43)50)41-23-11-4-12-24-41/h1-35H. The monoisotopic (exact) mass is 793 g/mol. The quantitative estimate of drug-likeness (QED) is 0.161. The molecule has 0 unspecified atom stereocenters. The van der Waals surface area contributed by atoms with Crippen molar-refractivity contribution in [3.8, 4) is 68.3 Å². The highest BCUT2D eigenvalue weighted by Gasteiger charge is 2.23. The normalized spacial score (nSPS) is 11.5. The predicted octanol–water partition coefficient (Wildman–Crippen LogP) is 13.2. The van der Waals surface area contributed by atoms with Crippen LogP contribution in [0.1, 0.15) is 0 Å². The zero-order valence-corrected chi connectivity index (χ0v) is 33.3. The van der Waals surface area contributed by atoms with Crippen LogP contribution >= 0.6 is 0 Å². The average Bonchev–Trinajstić information content (AvgIpc) is 3.88. The number of rotatable bonds is 7. The number of aromatic nitrogens is 7.